The predicted molar refractivity (Wildman–Crippen MR) is 45.4 cm³/mol. The van der Waals surface area contributed by atoms with Gasteiger partial charge in [-0.2, -0.15) is 0 Å². The van der Waals surface area contributed by atoms with Gasteiger partial charge in [-0.25, -0.2) is 0 Å². The summed E-state index contributed by atoms with van der Waals surface area (Å²) < 4.78 is 0. The van der Waals surface area contributed by atoms with Gasteiger partial charge in [-0.15, -0.1) is 0 Å². The Balaban J connectivity index is 0.000001000. The number of carbonyl (C=O) groups is 1. The van der Waals surface area contributed by atoms with Gasteiger partial charge in [0.25, 0.3) is 0 Å². The number of carbonyl (C=O) groups excluding carboxylic acids is 1. The van der Waals surface area contributed by atoms with Gasteiger partial charge in [0.1, 0.15) is 6.29 Å². The molecule has 0 spiro atoms. The zero-order valence-corrected chi connectivity index (χ0v) is 5.66. The Morgan fingerprint density at radius 1 is 1.55 bits per heavy atom. The molecule has 1 heterocycles. The van der Waals surface area contributed by atoms with E-state index < -0.39 is 0 Å². The normalized spacial score (nSPS) is 8.36. The molecule has 1 rings (SSSR count). The van der Waals surface area contributed by atoms with Crippen LogP contribution in [0.4, 0.5) is 0 Å². The van der Waals surface area contributed by atoms with E-state index in [1.165, 1.54) is 0 Å². The van der Waals surface area contributed by atoms with E-state index in [2.05, 4.69) is 4.98 Å². The second-order valence-corrected chi connectivity index (χ2v) is 2.07. The molecular formula is C9H13NO. The number of hydrogen-bond acceptors (Lipinski definition) is 2. The molecule has 0 fully saturated rings. The molecule has 60 valence electrons. The summed E-state index contributed by atoms with van der Waals surface area (Å²) in [6.45, 7) is 0. The van der Waals surface area contributed by atoms with Gasteiger partial charge < -0.3 is 4.79 Å². The lowest BCUT2D eigenvalue weighted by molar-refractivity contribution is -0.107. The highest BCUT2D eigenvalue weighted by atomic mass is 16.1. The van der Waals surface area contributed by atoms with Crippen LogP contribution in [0.5, 0.6) is 0 Å². The fraction of sp³-hybridized carbons (Fsp3) is 0.333. The standard InChI is InChI=1S/C8H9NO.CH4/c10-6-2-4-8-3-1-5-9-7-8;/h1,3,5-7H,2,4H2;1H4. The smallest absolute Gasteiger partial charge is 0.120 e. The van der Waals surface area contributed by atoms with Crippen LogP contribution in [0, 0.1) is 0 Å². The van der Waals surface area contributed by atoms with E-state index >= 15 is 0 Å². The molecule has 0 aliphatic carbocycles. The third-order valence-corrected chi connectivity index (χ3v) is 1.27. The molecule has 0 saturated heterocycles. The average molecular weight is 151 g/mol. The molecule has 0 unspecified atom stereocenters. The molecule has 0 aromatic carbocycles. The van der Waals surface area contributed by atoms with Crippen LogP contribution >= 0.6 is 0 Å². The maximum atomic E-state index is 9.96. The second kappa shape index (κ2) is 5.59. The van der Waals surface area contributed by atoms with Gasteiger partial charge >= 0.3 is 0 Å². The van der Waals surface area contributed by atoms with Crippen molar-refractivity contribution in [3.63, 3.8) is 0 Å². The maximum Gasteiger partial charge on any atom is 0.120 e. The summed E-state index contributed by atoms with van der Waals surface area (Å²) in [6.07, 6.45) is 5.82. The summed E-state index contributed by atoms with van der Waals surface area (Å²) >= 11 is 0. The first-order valence-electron chi connectivity index (χ1n) is 3.26. The largest absolute Gasteiger partial charge is 0.303 e. The van der Waals surface area contributed by atoms with Crippen molar-refractivity contribution in [2.75, 3.05) is 0 Å². The molecule has 0 amide bonds. The lowest BCUT2D eigenvalue weighted by atomic mass is 10.2. The van der Waals surface area contributed by atoms with E-state index in [0.29, 0.717) is 6.42 Å². The van der Waals surface area contributed by atoms with E-state index in [1.807, 2.05) is 12.1 Å². The fourth-order valence-electron chi connectivity index (χ4n) is 0.772. The molecule has 1 aromatic rings. The van der Waals surface area contributed by atoms with Crippen molar-refractivity contribution in [3.8, 4) is 0 Å². The molecule has 0 N–H and O–H groups in total. The van der Waals surface area contributed by atoms with Gasteiger partial charge in [0.05, 0.1) is 0 Å². The number of pyridine rings is 1. The highest BCUT2D eigenvalue weighted by Crippen LogP contribution is 1.97. The number of aldehydes is 1. The number of aromatic nitrogens is 1. The average Bonchev–Trinajstić information content (AvgIpc) is 2.03. The van der Waals surface area contributed by atoms with E-state index in [0.717, 1.165) is 18.3 Å². The van der Waals surface area contributed by atoms with Crippen LogP contribution in [0.2, 0.25) is 0 Å². The SMILES string of the molecule is C.O=CCCc1cccnc1. The molecule has 0 aliphatic rings. The first-order valence-corrected chi connectivity index (χ1v) is 3.26. The lowest BCUT2D eigenvalue weighted by Gasteiger charge is -1.92. The van der Waals surface area contributed by atoms with Crippen LogP contribution in [-0.2, 0) is 11.2 Å². The van der Waals surface area contributed by atoms with E-state index in [-0.39, 0.29) is 7.43 Å². The highest BCUT2D eigenvalue weighted by molar-refractivity contribution is 5.49. The van der Waals surface area contributed by atoms with Gasteiger partial charge in [-0.1, -0.05) is 13.5 Å². The van der Waals surface area contributed by atoms with Crippen LogP contribution < -0.4 is 0 Å². The van der Waals surface area contributed by atoms with Crippen LogP contribution in [0.25, 0.3) is 0 Å². The Hall–Kier alpha value is -1.18. The molecule has 2 heteroatoms. The minimum absolute atomic E-state index is 0. The number of hydrogen-bond donors (Lipinski definition) is 0. The molecule has 11 heavy (non-hydrogen) atoms. The Morgan fingerprint density at radius 2 is 2.36 bits per heavy atom. The van der Waals surface area contributed by atoms with Crippen LogP contribution in [0.3, 0.4) is 0 Å². The zero-order valence-electron chi connectivity index (χ0n) is 5.66. The van der Waals surface area contributed by atoms with Gasteiger partial charge in [-0.3, -0.25) is 4.98 Å². The molecule has 2 nitrogen and oxygen atoms in total. The number of rotatable bonds is 3. The van der Waals surface area contributed by atoms with E-state index in [4.69, 9.17) is 0 Å². The highest BCUT2D eigenvalue weighted by Gasteiger charge is 1.88. The first-order chi connectivity index (χ1) is 4.93. The van der Waals surface area contributed by atoms with Crippen molar-refractivity contribution < 1.29 is 4.79 Å². The van der Waals surface area contributed by atoms with E-state index in [9.17, 15) is 4.79 Å². The summed E-state index contributed by atoms with van der Waals surface area (Å²) in [4.78, 5) is 13.9. The molecule has 1 aromatic heterocycles. The van der Waals surface area contributed by atoms with Crippen molar-refractivity contribution in [1.29, 1.82) is 0 Å². The molecule has 0 saturated carbocycles. The third-order valence-electron chi connectivity index (χ3n) is 1.27. The number of aryl methyl sites for hydroxylation is 1. The van der Waals surface area contributed by atoms with Crippen molar-refractivity contribution in [3.05, 3.63) is 30.1 Å². The van der Waals surface area contributed by atoms with Gasteiger partial charge in [0.15, 0.2) is 0 Å². The molecule has 0 atom stereocenters. The fourth-order valence-corrected chi connectivity index (χ4v) is 0.772. The molecule has 0 aliphatic heterocycles. The molecular weight excluding hydrogens is 138 g/mol. The zero-order chi connectivity index (χ0) is 7.23. The summed E-state index contributed by atoms with van der Waals surface area (Å²) in [5, 5.41) is 0. The van der Waals surface area contributed by atoms with Crippen LogP contribution in [0.15, 0.2) is 24.5 Å². The van der Waals surface area contributed by atoms with Gasteiger partial charge in [0, 0.05) is 18.8 Å². The lowest BCUT2D eigenvalue weighted by Crippen LogP contribution is -1.85. The quantitative estimate of drug-likeness (QED) is 0.617. The Kier molecular flexibility index (Phi) is 4.99. The summed E-state index contributed by atoms with van der Waals surface area (Å²) in [6, 6.07) is 3.84. The van der Waals surface area contributed by atoms with Gasteiger partial charge in [0.2, 0.25) is 0 Å². The third kappa shape index (κ3) is 3.50. The Bertz CT molecular complexity index is 196. The van der Waals surface area contributed by atoms with Crippen molar-refractivity contribution in [2.24, 2.45) is 0 Å². The van der Waals surface area contributed by atoms with E-state index in [1.54, 1.807) is 12.4 Å². The maximum absolute atomic E-state index is 9.96. The van der Waals surface area contributed by atoms with Crippen molar-refractivity contribution >= 4 is 6.29 Å². The summed E-state index contributed by atoms with van der Waals surface area (Å²) in [5.74, 6) is 0. The monoisotopic (exact) mass is 151 g/mol. The summed E-state index contributed by atoms with van der Waals surface area (Å²) in [7, 11) is 0. The minimum atomic E-state index is 0. The summed E-state index contributed by atoms with van der Waals surface area (Å²) in [5.41, 5.74) is 1.12. The van der Waals surface area contributed by atoms with Crippen molar-refractivity contribution in [2.45, 2.75) is 20.3 Å². The Labute approximate surface area is 67.3 Å². The molecule has 0 bridgehead atoms. The van der Waals surface area contributed by atoms with Crippen molar-refractivity contribution in [1.82, 2.24) is 4.98 Å². The van der Waals surface area contributed by atoms with Crippen LogP contribution in [0.1, 0.15) is 19.4 Å². The Morgan fingerprint density at radius 3 is 2.91 bits per heavy atom. The van der Waals surface area contributed by atoms with Gasteiger partial charge in [-0.05, 0) is 18.1 Å². The second-order valence-electron chi connectivity index (χ2n) is 2.07. The molecule has 0 radical (unpaired) electrons. The predicted octanol–water partition coefficient (Wildman–Crippen LogP) is 1.85. The minimum Gasteiger partial charge on any atom is -0.303 e. The topological polar surface area (TPSA) is 30.0 Å². The first kappa shape index (κ1) is 9.82. The van der Waals surface area contributed by atoms with Crippen LogP contribution in [-0.4, -0.2) is 11.3 Å². The number of nitrogens with zero attached hydrogens (tertiary/aromatic N) is 1.